The first kappa shape index (κ1) is 6.27. The first-order chi connectivity index (χ1) is 5.29. The molecule has 0 N–H and O–H groups in total. The zero-order valence-electron chi connectivity index (χ0n) is 6.44. The Morgan fingerprint density at radius 1 is 1.27 bits per heavy atom. The number of nitrogens with zero attached hydrogens (tertiary/aromatic N) is 4. The molecule has 4 heteroatoms. The van der Waals surface area contributed by atoms with Gasteiger partial charge in [-0.25, -0.2) is 14.5 Å². The van der Waals surface area contributed by atoms with Crippen LogP contribution in [0.2, 0.25) is 0 Å². The van der Waals surface area contributed by atoms with Crippen LogP contribution in [0.4, 0.5) is 0 Å². The molecule has 56 valence electrons. The lowest BCUT2D eigenvalue weighted by molar-refractivity contribution is 0.869. The lowest BCUT2D eigenvalue weighted by atomic mass is 10.4. The van der Waals surface area contributed by atoms with Crippen LogP contribution in [-0.4, -0.2) is 19.6 Å². The summed E-state index contributed by atoms with van der Waals surface area (Å²) in [7, 11) is 0. The quantitative estimate of drug-likeness (QED) is 0.553. The van der Waals surface area contributed by atoms with Gasteiger partial charge in [-0.05, 0) is 13.8 Å². The molecule has 0 aromatic carbocycles. The normalized spacial score (nSPS) is 10.7. The van der Waals surface area contributed by atoms with Crippen molar-refractivity contribution >= 4 is 5.78 Å². The van der Waals surface area contributed by atoms with Crippen LogP contribution in [0, 0.1) is 13.8 Å². The average Bonchev–Trinajstić information content (AvgIpc) is 2.30. The molecule has 0 bridgehead atoms. The summed E-state index contributed by atoms with van der Waals surface area (Å²) in [6.07, 6.45) is 3.29. The molecule has 0 atom stereocenters. The summed E-state index contributed by atoms with van der Waals surface area (Å²) in [6, 6.07) is 0. The zero-order valence-corrected chi connectivity index (χ0v) is 6.44. The van der Waals surface area contributed by atoms with Crippen molar-refractivity contribution in [2.24, 2.45) is 0 Å². The predicted molar refractivity (Wildman–Crippen MR) is 40.3 cm³/mol. The van der Waals surface area contributed by atoms with Crippen molar-refractivity contribution in [3.63, 3.8) is 0 Å². The molecule has 2 aromatic rings. The molecule has 0 saturated carbocycles. The second-order valence-corrected chi connectivity index (χ2v) is 2.44. The lowest BCUT2D eigenvalue weighted by Crippen LogP contribution is -1.93. The van der Waals surface area contributed by atoms with E-state index in [1.54, 1.807) is 16.9 Å². The molecule has 0 aliphatic heterocycles. The molecule has 2 aromatic heterocycles. The van der Waals surface area contributed by atoms with Crippen molar-refractivity contribution in [1.29, 1.82) is 0 Å². The van der Waals surface area contributed by atoms with Gasteiger partial charge in [-0.15, -0.1) is 0 Å². The van der Waals surface area contributed by atoms with Crippen molar-refractivity contribution in [2.75, 3.05) is 0 Å². The highest BCUT2D eigenvalue weighted by atomic mass is 15.3. The van der Waals surface area contributed by atoms with Crippen LogP contribution in [0.5, 0.6) is 0 Å². The molecule has 0 unspecified atom stereocenters. The van der Waals surface area contributed by atoms with Crippen LogP contribution in [0.3, 0.4) is 0 Å². The van der Waals surface area contributed by atoms with E-state index >= 15 is 0 Å². The highest BCUT2D eigenvalue weighted by Crippen LogP contribution is 2.04. The van der Waals surface area contributed by atoms with Gasteiger partial charge in [0.1, 0.15) is 0 Å². The van der Waals surface area contributed by atoms with Gasteiger partial charge in [-0.2, -0.15) is 5.10 Å². The van der Waals surface area contributed by atoms with E-state index in [-0.39, 0.29) is 0 Å². The smallest absolute Gasteiger partial charge is 0.218 e. The number of aromatic nitrogens is 4. The van der Waals surface area contributed by atoms with E-state index in [0.29, 0.717) is 5.78 Å². The summed E-state index contributed by atoms with van der Waals surface area (Å²) in [5, 5.41) is 4.09. The fraction of sp³-hybridized carbons (Fsp3) is 0.286. The number of hydrogen-bond donors (Lipinski definition) is 0. The molecule has 0 saturated heterocycles. The molecular formula is C7H8N4. The molecule has 2 heterocycles. The van der Waals surface area contributed by atoms with Gasteiger partial charge in [-0.3, -0.25) is 0 Å². The molecule has 0 amide bonds. The van der Waals surface area contributed by atoms with Crippen molar-refractivity contribution in [3.05, 3.63) is 23.8 Å². The largest absolute Gasteiger partial charge is 0.251 e. The van der Waals surface area contributed by atoms with Crippen LogP contribution >= 0.6 is 0 Å². The van der Waals surface area contributed by atoms with Gasteiger partial charge in [0, 0.05) is 0 Å². The summed E-state index contributed by atoms with van der Waals surface area (Å²) >= 11 is 0. The third-order valence-electron chi connectivity index (χ3n) is 1.74. The molecule has 0 aliphatic rings. The Morgan fingerprint density at radius 3 is 2.82 bits per heavy atom. The third-order valence-corrected chi connectivity index (χ3v) is 1.74. The van der Waals surface area contributed by atoms with Crippen molar-refractivity contribution in [2.45, 2.75) is 13.8 Å². The number of imidazole rings is 1. The summed E-state index contributed by atoms with van der Waals surface area (Å²) in [6.45, 7) is 3.93. The molecule has 4 nitrogen and oxygen atoms in total. The van der Waals surface area contributed by atoms with E-state index in [0.717, 1.165) is 11.4 Å². The van der Waals surface area contributed by atoms with Gasteiger partial charge in [0.15, 0.2) is 0 Å². The van der Waals surface area contributed by atoms with Gasteiger partial charge in [0.2, 0.25) is 0 Å². The first-order valence-corrected chi connectivity index (χ1v) is 3.42. The Kier molecular flexibility index (Phi) is 1.15. The maximum Gasteiger partial charge on any atom is 0.251 e. The Hall–Kier alpha value is -1.45. The molecular weight excluding hydrogens is 140 g/mol. The Bertz CT molecular complexity index is 390. The minimum Gasteiger partial charge on any atom is -0.218 e. The molecule has 0 aliphatic carbocycles. The second-order valence-electron chi connectivity index (χ2n) is 2.44. The predicted octanol–water partition coefficient (Wildman–Crippen LogP) is 0.741. The fourth-order valence-corrected chi connectivity index (χ4v) is 1.000. The van der Waals surface area contributed by atoms with Crippen LogP contribution in [0.15, 0.2) is 12.4 Å². The van der Waals surface area contributed by atoms with Crippen LogP contribution in [0.1, 0.15) is 11.4 Å². The lowest BCUT2D eigenvalue weighted by Gasteiger charge is -1.90. The molecule has 0 spiro atoms. The van der Waals surface area contributed by atoms with E-state index in [2.05, 4.69) is 15.1 Å². The van der Waals surface area contributed by atoms with Crippen LogP contribution < -0.4 is 0 Å². The van der Waals surface area contributed by atoms with E-state index < -0.39 is 0 Å². The first-order valence-electron chi connectivity index (χ1n) is 3.42. The van der Waals surface area contributed by atoms with Gasteiger partial charge in [-0.1, -0.05) is 0 Å². The Morgan fingerprint density at radius 2 is 2.09 bits per heavy atom. The van der Waals surface area contributed by atoms with Crippen LogP contribution in [0.25, 0.3) is 5.78 Å². The second kappa shape index (κ2) is 2.02. The van der Waals surface area contributed by atoms with Crippen molar-refractivity contribution in [3.8, 4) is 0 Å². The highest BCUT2D eigenvalue weighted by molar-refractivity contribution is 5.31. The average molecular weight is 148 g/mol. The number of hydrogen-bond acceptors (Lipinski definition) is 3. The van der Waals surface area contributed by atoms with Crippen molar-refractivity contribution < 1.29 is 0 Å². The Labute approximate surface area is 63.9 Å². The number of aryl methyl sites for hydroxylation is 2. The molecule has 0 fully saturated rings. The summed E-state index contributed by atoms with van der Waals surface area (Å²) in [5.74, 6) is 0.669. The van der Waals surface area contributed by atoms with Gasteiger partial charge in [0.05, 0.1) is 23.8 Å². The van der Waals surface area contributed by atoms with Crippen molar-refractivity contribution in [1.82, 2.24) is 19.6 Å². The zero-order chi connectivity index (χ0) is 7.84. The maximum absolute atomic E-state index is 4.20. The monoisotopic (exact) mass is 148 g/mol. The van der Waals surface area contributed by atoms with Gasteiger partial charge in [0.25, 0.3) is 5.78 Å². The standard InChI is InChI=1S/C7H8N4/c1-5-6(2)11-7(10-5)8-3-4-9-11/h3-4H,1-2H3. The molecule has 2 rings (SSSR count). The molecule has 0 radical (unpaired) electrons. The van der Waals surface area contributed by atoms with E-state index in [4.69, 9.17) is 0 Å². The summed E-state index contributed by atoms with van der Waals surface area (Å²) < 4.78 is 1.73. The van der Waals surface area contributed by atoms with E-state index in [1.165, 1.54) is 0 Å². The fourth-order valence-electron chi connectivity index (χ4n) is 1.000. The van der Waals surface area contributed by atoms with E-state index in [1.807, 2.05) is 13.8 Å². The van der Waals surface area contributed by atoms with Gasteiger partial charge < -0.3 is 0 Å². The minimum atomic E-state index is 0.669. The third kappa shape index (κ3) is 0.790. The highest BCUT2D eigenvalue weighted by Gasteiger charge is 2.03. The molecule has 11 heavy (non-hydrogen) atoms. The topological polar surface area (TPSA) is 43.1 Å². The Balaban J connectivity index is 2.92. The minimum absolute atomic E-state index is 0.669. The SMILES string of the molecule is Cc1nc2nccnn2c1C. The summed E-state index contributed by atoms with van der Waals surface area (Å²) in [5.41, 5.74) is 2.03. The number of fused-ring (bicyclic) bond motifs is 1. The van der Waals surface area contributed by atoms with E-state index in [9.17, 15) is 0 Å². The maximum atomic E-state index is 4.20. The van der Waals surface area contributed by atoms with Crippen LogP contribution in [-0.2, 0) is 0 Å². The van der Waals surface area contributed by atoms with Gasteiger partial charge >= 0.3 is 0 Å². The summed E-state index contributed by atoms with van der Waals surface area (Å²) in [4.78, 5) is 8.25. The number of rotatable bonds is 0.